The molecule has 4 aliphatic rings. The number of benzene rings is 2. The molecule has 4 fully saturated rings. The van der Waals surface area contributed by atoms with E-state index in [0.29, 0.717) is 13.2 Å². The largest absolute Gasteiger partial charge is 0.490 e. The zero-order valence-electron chi connectivity index (χ0n) is 35.5. The van der Waals surface area contributed by atoms with Gasteiger partial charge in [-0.2, -0.15) is 0 Å². The summed E-state index contributed by atoms with van der Waals surface area (Å²) in [6.07, 6.45) is 22.4. The second kappa shape index (κ2) is 25.1. The number of piperidine rings is 4. The normalized spacial score (nSPS) is 19.3. The highest BCUT2D eigenvalue weighted by Gasteiger charge is 2.21. The number of hydrogen-bond acceptors (Lipinski definition) is 8. The minimum Gasteiger partial charge on any atom is -0.490 e. The average Bonchev–Trinajstić information content (AvgIpc) is 3.25. The molecule has 0 spiro atoms. The van der Waals surface area contributed by atoms with Crippen molar-refractivity contribution in [2.24, 2.45) is 0 Å². The van der Waals surface area contributed by atoms with Crippen LogP contribution in [0.4, 0.5) is 0 Å². The van der Waals surface area contributed by atoms with Gasteiger partial charge in [-0.25, -0.2) is 0 Å². The Morgan fingerprint density at radius 2 is 0.714 bits per heavy atom. The Kier molecular flexibility index (Phi) is 19.3. The third-order valence-corrected chi connectivity index (χ3v) is 12.6. The van der Waals surface area contributed by atoms with Crippen LogP contribution in [0.1, 0.15) is 140 Å². The van der Waals surface area contributed by atoms with Crippen molar-refractivity contribution >= 4 is 0 Å². The molecule has 314 valence electrons. The summed E-state index contributed by atoms with van der Waals surface area (Å²) in [5.41, 5.74) is 2.56. The highest BCUT2D eigenvalue weighted by atomic mass is 16.5. The van der Waals surface area contributed by atoms with Crippen LogP contribution in [0, 0.1) is 0 Å². The number of rotatable bonds is 24. The van der Waals surface area contributed by atoms with E-state index in [1.807, 2.05) is 0 Å². The molecule has 56 heavy (non-hydrogen) atoms. The molecule has 4 heterocycles. The van der Waals surface area contributed by atoms with Crippen LogP contribution in [0.2, 0.25) is 0 Å². The third kappa shape index (κ3) is 14.7. The van der Waals surface area contributed by atoms with Gasteiger partial charge >= 0.3 is 0 Å². The molecule has 2 aromatic rings. The topological polar surface area (TPSA) is 49.9 Å². The minimum atomic E-state index is 0.229. The summed E-state index contributed by atoms with van der Waals surface area (Å²) >= 11 is 0. The lowest BCUT2D eigenvalue weighted by atomic mass is 9.87. The van der Waals surface area contributed by atoms with Gasteiger partial charge in [0.2, 0.25) is 0 Å². The van der Waals surface area contributed by atoms with Crippen molar-refractivity contribution in [3.63, 3.8) is 0 Å². The number of hydrogen-bond donors (Lipinski definition) is 0. The molecular weight excluding hydrogens is 697 g/mol. The predicted molar refractivity (Wildman–Crippen MR) is 231 cm³/mol. The zero-order valence-corrected chi connectivity index (χ0v) is 35.5. The summed E-state index contributed by atoms with van der Waals surface area (Å²) in [6, 6.07) is 13.5. The van der Waals surface area contributed by atoms with E-state index >= 15 is 0 Å². The van der Waals surface area contributed by atoms with Crippen LogP contribution in [0.25, 0.3) is 0 Å². The Morgan fingerprint density at radius 1 is 0.411 bits per heavy atom. The minimum absolute atomic E-state index is 0.229. The lowest BCUT2D eigenvalue weighted by molar-refractivity contribution is 0.193. The number of ether oxygens (including phenoxy) is 4. The summed E-state index contributed by atoms with van der Waals surface area (Å²) in [6.45, 7) is 19.4. The van der Waals surface area contributed by atoms with Crippen LogP contribution in [-0.4, -0.2) is 125 Å². The van der Waals surface area contributed by atoms with Gasteiger partial charge in [-0.15, -0.1) is 0 Å². The fourth-order valence-electron chi connectivity index (χ4n) is 9.37. The van der Waals surface area contributed by atoms with E-state index in [4.69, 9.17) is 18.9 Å². The highest BCUT2D eigenvalue weighted by molar-refractivity contribution is 5.49. The number of nitrogens with zero attached hydrogens (tertiary/aromatic N) is 4. The molecule has 0 aromatic heterocycles. The number of likely N-dealkylation sites (tertiary alicyclic amines) is 4. The molecule has 0 aliphatic carbocycles. The van der Waals surface area contributed by atoms with Crippen LogP contribution in [0.3, 0.4) is 0 Å². The predicted octanol–water partition coefficient (Wildman–Crippen LogP) is 9.64. The fourth-order valence-corrected chi connectivity index (χ4v) is 9.37. The first kappa shape index (κ1) is 43.1. The molecule has 0 saturated carbocycles. The zero-order chi connectivity index (χ0) is 38.5. The van der Waals surface area contributed by atoms with E-state index in [-0.39, 0.29) is 5.92 Å². The van der Waals surface area contributed by atoms with Crippen LogP contribution in [-0.2, 0) is 0 Å². The summed E-state index contributed by atoms with van der Waals surface area (Å²) in [5.74, 6) is 3.78. The summed E-state index contributed by atoms with van der Waals surface area (Å²) in [7, 11) is 0. The molecule has 8 nitrogen and oxygen atoms in total. The maximum Gasteiger partial charge on any atom is 0.161 e. The van der Waals surface area contributed by atoms with E-state index in [1.165, 1.54) is 141 Å². The molecule has 0 atom stereocenters. The van der Waals surface area contributed by atoms with Crippen molar-refractivity contribution in [3.8, 4) is 23.0 Å². The van der Waals surface area contributed by atoms with Gasteiger partial charge in [0.25, 0.3) is 0 Å². The van der Waals surface area contributed by atoms with Crippen molar-refractivity contribution in [1.82, 2.24) is 19.6 Å². The lowest BCUT2D eigenvalue weighted by Gasteiger charge is -2.27. The lowest BCUT2D eigenvalue weighted by Crippen LogP contribution is -2.31. The molecule has 0 bridgehead atoms. The van der Waals surface area contributed by atoms with Crippen LogP contribution < -0.4 is 18.9 Å². The molecule has 0 radical (unpaired) electrons. The van der Waals surface area contributed by atoms with Gasteiger partial charge in [-0.3, -0.25) is 0 Å². The van der Waals surface area contributed by atoms with Gasteiger partial charge in [0.05, 0.1) is 26.4 Å². The van der Waals surface area contributed by atoms with E-state index in [9.17, 15) is 0 Å². The first-order valence-electron chi connectivity index (χ1n) is 23.4. The Hall–Kier alpha value is -2.52. The SMILES string of the molecule is CCCC(c1ccc(OCCCN2CCCCC2)c(OCCCN2CCCCC2)c1)c1ccc(OCCCN2CCCCC2)c(OCCCN2CCCCC2)c1. The second-order valence-corrected chi connectivity index (χ2v) is 17.2. The van der Waals surface area contributed by atoms with Crippen molar-refractivity contribution in [3.05, 3.63) is 47.5 Å². The van der Waals surface area contributed by atoms with Crippen LogP contribution >= 0.6 is 0 Å². The Morgan fingerprint density at radius 3 is 1.02 bits per heavy atom. The monoisotopic (exact) mass is 775 g/mol. The Labute approximate surface area is 341 Å². The molecular formula is C48H78N4O4. The molecule has 0 amide bonds. The van der Waals surface area contributed by atoms with Crippen molar-refractivity contribution in [1.29, 1.82) is 0 Å². The molecule has 8 heteroatoms. The van der Waals surface area contributed by atoms with E-state index in [2.05, 4.69) is 62.9 Å². The van der Waals surface area contributed by atoms with Gasteiger partial charge in [-0.1, -0.05) is 51.2 Å². The van der Waals surface area contributed by atoms with Crippen molar-refractivity contribution < 1.29 is 18.9 Å². The van der Waals surface area contributed by atoms with Crippen molar-refractivity contribution in [2.45, 2.75) is 128 Å². The molecule has 0 N–H and O–H groups in total. The highest BCUT2D eigenvalue weighted by Crippen LogP contribution is 2.39. The first-order valence-corrected chi connectivity index (χ1v) is 23.4. The van der Waals surface area contributed by atoms with Gasteiger partial charge in [0.15, 0.2) is 23.0 Å². The fraction of sp³-hybridized carbons (Fsp3) is 0.750. The maximum absolute atomic E-state index is 6.62. The first-order chi connectivity index (χ1) is 27.7. The van der Waals surface area contributed by atoms with E-state index < -0.39 is 0 Å². The van der Waals surface area contributed by atoms with Crippen molar-refractivity contribution in [2.75, 3.05) is 105 Å². The van der Waals surface area contributed by atoms with Crippen LogP contribution in [0.15, 0.2) is 36.4 Å². The Bertz CT molecular complexity index is 1250. The van der Waals surface area contributed by atoms with Gasteiger partial charge in [0, 0.05) is 32.1 Å². The van der Waals surface area contributed by atoms with Gasteiger partial charge in [-0.05, 0) is 171 Å². The van der Waals surface area contributed by atoms with Gasteiger partial charge < -0.3 is 38.5 Å². The van der Waals surface area contributed by atoms with Gasteiger partial charge in [0.1, 0.15) is 0 Å². The maximum atomic E-state index is 6.62. The smallest absolute Gasteiger partial charge is 0.161 e. The average molecular weight is 775 g/mol. The van der Waals surface area contributed by atoms with Crippen LogP contribution in [0.5, 0.6) is 23.0 Å². The molecule has 4 aliphatic heterocycles. The quantitative estimate of drug-likeness (QED) is 0.0979. The molecule has 4 saturated heterocycles. The molecule has 0 unspecified atom stereocenters. The summed E-state index contributed by atoms with van der Waals surface area (Å²) in [5, 5.41) is 0. The van der Waals surface area contributed by atoms with E-state index in [0.717, 1.165) is 101 Å². The summed E-state index contributed by atoms with van der Waals surface area (Å²) < 4.78 is 26.2. The third-order valence-electron chi connectivity index (χ3n) is 12.6. The standard InChI is InChI=1S/C48H78N4O4/c1-2-19-44(42-20-22-45(53-36-15-32-49-24-7-3-8-25-49)47(40-42)55-38-17-34-51-28-11-5-12-29-51)43-21-23-46(54-37-16-33-50-26-9-4-10-27-50)48(41-43)56-39-18-35-52-30-13-6-14-31-52/h20-23,40-41,44H,2-19,24-39H2,1H3. The molecule has 2 aromatic carbocycles. The second-order valence-electron chi connectivity index (χ2n) is 17.2. The molecule has 6 rings (SSSR count). The summed E-state index contributed by atoms with van der Waals surface area (Å²) in [4.78, 5) is 10.4. The Balaban J connectivity index is 1.13. The van der Waals surface area contributed by atoms with E-state index in [1.54, 1.807) is 0 Å².